The number of piperidine rings is 1. The smallest absolute Gasteiger partial charge is 0.160 e. The Morgan fingerprint density at radius 2 is 1.41 bits per heavy atom. The van der Waals surface area contributed by atoms with Gasteiger partial charge in [-0.15, -0.1) is 0 Å². The Labute approximate surface area is 246 Å². The van der Waals surface area contributed by atoms with Crippen molar-refractivity contribution >= 4 is 5.69 Å². The van der Waals surface area contributed by atoms with Gasteiger partial charge in [-0.3, -0.25) is 4.90 Å². The molecule has 3 aliphatic heterocycles. The number of benzene rings is 3. The maximum Gasteiger partial charge on any atom is 0.160 e. The van der Waals surface area contributed by atoms with Gasteiger partial charge in [-0.1, -0.05) is 30.3 Å². The van der Waals surface area contributed by atoms with Crippen LogP contribution in [0.5, 0.6) is 17.2 Å². The summed E-state index contributed by atoms with van der Waals surface area (Å²) >= 11 is 0. The van der Waals surface area contributed by atoms with Crippen LogP contribution in [0, 0.1) is 20.8 Å². The summed E-state index contributed by atoms with van der Waals surface area (Å²) in [5, 5.41) is 0. The third kappa shape index (κ3) is 4.86. The van der Waals surface area contributed by atoms with E-state index in [0.29, 0.717) is 5.92 Å². The summed E-state index contributed by atoms with van der Waals surface area (Å²) in [6, 6.07) is 15.7. The first-order valence-corrected chi connectivity index (χ1v) is 15.3. The molecular formula is C36H46N2O3. The first kappa shape index (κ1) is 28.0. The summed E-state index contributed by atoms with van der Waals surface area (Å²) in [5.41, 5.74) is 11.0. The van der Waals surface area contributed by atoms with Gasteiger partial charge >= 0.3 is 0 Å². The van der Waals surface area contributed by atoms with Crippen LogP contribution in [-0.4, -0.2) is 50.9 Å². The third-order valence-corrected chi connectivity index (χ3v) is 10.1. The number of rotatable bonds is 5. The Balaban J connectivity index is 1.29. The molecule has 1 atom stereocenters. The Kier molecular flexibility index (Phi) is 7.44. The van der Waals surface area contributed by atoms with Crippen molar-refractivity contribution in [3.63, 3.8) is 0 Å². The zero-order chi connectivity index (χ0) is 28.9. The van der Waals surface area contributed by atoms with Gasteiger partial charge in [0.1, 0.15) is 11.4 Å². The molecule has 218 valence electrons. The lowest BCUT2D eigenvalue weighted by molar-refractivity contribution is 0.0301. The summed E-state index contributed by atoms with van der Waals surface area (Å²) in [4.78, 5) is 5.36. The van der Waals surface area contributed by atoms with E-state index in [0.717, 1.165) is 69.1 Å². The number of nitrogens with zero attached hydrogens (tertiary/aromatic N) is 2. The molecule has 3 heterocycles. The van der Waals surface area contributed by atoms with Crippen molar-refractivity contribution < 1.29 is 14.2 Å². The third-order valence-electron chi connectivity index (χ3n) is 10.1. The highest BCUT2D eigenvalue weighted by Gasteiger charge is 2.47. The van der Waals surface area contributed by atoms with Gasteiger partial charge in [0, 0.05) is 37.4 Å². The minimum Gasteiger partial charge on any atom is -0.493 e. The Bertz CT molecular complexity index is 1410. The fourth-order valence-corrected chi connectivity index (χ4v) is 7.84. The number of hydrogen-bond acceptors (Lipinski definition) is 5. The summed E-state index contributed by atoms with van der Waals surface area (Å²) in [6.07, 6.45) is 4.44. The van der Waals surface area contributed by atoms with Crippen molar-refractivity contribution in [2.24, 2.45) is 0 Å². The lowest BCUT2D eigenvalue weighted by Crippen LogP contribution is -2.43. The maximum absolute atomic E-state index is 6.85. The molecule has 3 aromatic rings. The van der Waals surface area contributed by atoms with E-state index in [9.17, 15) is 0 Å². The number of fused-ring (bicyclic) bond motifs is 2. The number of ether oxygens (including phenoxy) is 3. The molecule has 5 heteroatoms. The fourth-order valence-electron chi connectivity index (χ4n) is 7.84. The van der Waals surface area contributed by atoms with Gasteiger partial charge in [0.2, 0.25) is 0 Å². The van der Waals surface area contributed by atoms with E-state index in [1.807, 2.05) is 6.07 Å². The van der Waals surface area contributed by atoms with Crippen molar-refractivity contribution in [2.45, 2.75) is 77.9 Å². The molecule has 3 aromatic carbocycles. The zero-order valence-corrected chi connectivity index (χ0v) is 26.0. The van der Waals surface area contributed by atoms with Crippen molar-refractivity contribution in [2.75, 3.05) is 45.3 Å². The summed E-state index contributed by atoms with van der Waals surface area (Å²) in [5.74, 6) is 3.26. The highest BCUT2D eigenvalue weighted by molar-refractivity contribution is 5.71. The molecule has 0 aliphatic carbocycles. The monoisotopic (exact) mass is 554 g/mol. The molecule has 0 spiro atoms. The van der Waals surface area contributed by atoms with Crippen molar-refractivity contribution in [1.82, 2.24) is 4.90 Å². The van der Waals surface area contributed by atoms with Crippen LogP contribution in [0.1, 0.15) is 77.6 Å². The zero-order valence-electron chi connectivity index (χ0n) is 26.0. The first-order chi connectivity index (χ1) is 19.7. The topological polar surface area (TPSA) is 34.2 Å². The van der Waals surface area contributed by atoms with Gasteiger partial charge < -0.3 is 19.1 Å². The quantitative estimate of drug-likeness (QED) is 0.330. The summed E-state index contributed by atoms with van der Waals surface area (Å²) in [6.45, 7) is 15.7. The van der Waals surface area contributed by atoms with Gasteiger partial charge in [-0.05, 0) is 112 Å². The molecule has 41 heavy (non-hydrogen) atoms. The van der Waals surface area contributed by atoms with E-state index < -0.39 is 0 Å². The van der Waals surface area contributed by atoms with Gasteiger partial charge in [0.05, 0.1) is 20.3 Å². The molecule has 3 aliphatic rings. The van der Waals surface area contributed by atoms with Crippen LogP contribution in [-0.2, 0) is 12.8 Å². The van der Waals surface area contributed by atoms with Crippen molar-refractivity contribution in [3.8, 4) is 17.2 Å². The van der Waals surface area contributed by atoms with Crippen LogP contribution in [0.25, 0.3) is 0 Å². The number of hydrogen-bond donors (Lipinski definition) is 0. The average molecular weight is 555 g/mol. The Hall–Kier alpha value is -3.18. The van der Waals surface area contributed by atoms with E-state index >= 15 is 0 Å². The van der Waals surface area contributed by atoms with E-state index in [4.69, 9.17) is 14.2 Å². The van der Waals surface area contributed by atoms with Crippen LogP contribution in [0.2, 0.25) is 0 Å². The molecule has 1 saturated heterocycles. The number of anilines is 1. The van der Waals surface area contributed by atoms with Crippen LogP contribution in [0.3, 0.4) is 0 Å². The molecule has 0 aromatic heterocycles. The molecule has 6 rings (SSSR count). The van der Waals surface area contributed by atoms with Crippen LogP contribution in [0.4, 0.5) is 5.69 Å². The largest absolute Gasteiger partial charge is 0.493 e. The van der Waals surface area contributed by atoms with Crippen LogP contribution < -0.4 is 19.1 Å². The van der Waals surface area contributed by atoms with E-state index in [2.05, 4.69) is 80.8 Å². The highest BCUT2D eigenvalue weighted by atomic mass is 16.5. The van der Waals surface area contributed by atoms with Gasteiger partial charge in [0.25, 0.3) is 0 Å². The van der Waals surface area contributed by atoms with E-state index in [1.165, 1.54) is 44.6 Å². The maximum atomic E-state index is 6.85. The second kappa shape index (κ2) is 10.9. The average Bonchev–Trinajstić information content (AvgIpc) is 3.12. The van der Waals surface area contributed by atoms with Gasteiger partial charge in [-0.2, -0.15) is 0 Å². The Morgan fingerprint density at radius 3 is 2.02 bits per heavy atom. The minimum absolute atomic E-state index is 0.245. The molecule has 1 fully saturated rings. The first-order valence-electron chi connectivity index (χ1n) is 15.3. The molecule has 0 bridgehead atoms. The van der Waals surface area contributed by atoms with E-state index in [1.54, 1.807) is 14.2 Å². The summed E-state index contributed by atoms with van der Waals surface area (Å²) < 4.78 is 17.9. The SMILES string of the molecule is COc1ccc(C2CCN(c3c(C)c(C)c4c(c3C)C(N3CCc5ccccc5CC3)C(C)(C)O4)CC2)cc1OC. The molecule has 5 nitrogen and oxygen atoms in total. The molecule has 0 N–H and O–H groups in total. The molecule has 0 radical (unpaired) electrons. The minimum atomic E-state index is -0.278. The highest BCUT2D eigenvalue weighted by Crippen LogP contribution is 2.53. The second-order valence-electron chi connectivity index (χ2n) is 12.8. The normalized spacial score (nSPS) is 20.7. The summed E-state index contributed by atoms with van der Waals surface area (Å²) in [7, 11) is 3.41. The predicted molar refractivity (Wildman–Crippen MR) is 167 cm³/mol. The van der Waals surface area contributed by atoms with Crippen LogP contribution >= 0.6 is 0 Å². The van der Waals surface area contributed by atoms with Crippen molar-refractivity contribution in [1.29, 1.82) is 0 Å². The van der Waals surface area contributed by atoms with Crippen LogP contribution in [0.15, 0.2) is 42.5 Å². The predicted octanol–water partition coefficient (Wildman–Crippen LogP) is 7.33. The van der Waals surface area contributed by atoms with Gasteiger partial charge in [-0.25, -0.2) is 0 Å². The van der Waals surface area contributed by atoms with Crippen molar-refractivity contribution in [3.05, 3.63) is 81.4 Å². The molecular weight excluding hydrogens is 508 g/mol. The standard InChI is InChI=1S/C36H46N2O3/c1-23-24(2)34-32(35(36(4,5)41-34)38-20-16-26-10-8-9-11-27(26)17-21-38)25(3)33(23)37-18-14-28(15-19-37)29-12-13-30(39-6)31(22-29)40-7/h8-13,22,28,35H,14-21H2,1-7H3. The number of methoxy groups -OCH3 is 2. The second-order valence-corrected chi connectivity index (χ2v) is 12.8. The lowest BCUT2D eigenvalue weighted by Gasteiger charge is -2.38. The Morgan fingerprint density at radius 1 is 0.780 bits per heavy atom. The lowest BCUT2D eigenvalue weighted by atomic mass is 9.85. The molecule has 0 amide bonds. The van der Waals surface area contributed by atoms with Gasteiger partial charge in [0.15, 0.2) is 11.5 Å². The molecule has 1 unspecified atom stereocenters. The fraction of sp³-hybridized carbons (Fsp3) is 0.500. The molecule has 0 saturated carbocycles. The van der Waals surface area contributed by atoms with E-state index in [-0.39, 0.29) is 11.6 Å².